The number of carbonyl (C=O) groups excluding carboxylic acids is 1. The average Bonchev–Trinajstić information content (AvgIpc) is 2.92. The van der Waals surface area contributed by atoms with Gasteiger partial charge < -0.3 is 14.8 Å². The number of hydroxylamine groups is 1. The minimum Gasteiger partial charge on any atom is -0.457 e. The van der Waals surface area contributed by atoms with Crippen molar-refractivity contribution >= 4 is 27.4 Å². The summed E-state index contributed by atoms with van der Waals surface area (Å²) < 4.78 is 38.8. The van der Waals surface area contributed by atoms with Crippen molar-refractivity contribution in [2.45, 2.75) is 31.3 Å². The normalized spacial score (nSPS) is 11.3. The molecule has 0 bridgehead atoms. The van der Waals surface area contributed by atoms with Gasteiger partial charge in [-0.2, -0.15) is 0 Å². The number of unbranched alkanes of at least 4 members (excludes halogenated alkanes) is 1. The van der Waals surface area contributed by atoms with E-state index in [1.165, 1.54) is 50.6 Å². The topological polar surface area (TPSA) is 137 Å². The van der Waals surface area contributed by atoms with Crippen molar-refractivity contribution in [3.8, 4) is 11.5 Å². The van der Waals surface area contributed by atoms with Crippen LogP contribution >= 0.6 is 0 Å². The molecular formula is C26H29N3O8S. The van der Waals surface area contributed by atoms with Gasteiger partial charge in [-0.05, 0) is 48.4 Å². The van der Waals surface area contributed by atoms with Crippen LogP contribution in [0.4, 0.5) is 11.4 Å². The van der Waals surface area contributed by atoms with E-state index in [4.69, 9.17) is 14.3 Å². The fourth-order valence-electron chi connectivity index (χ4n) is 3.34. The van der Waals surface area contributed by atoms with E-state index in [9.17, 15) is 23.3 Å². The fraction of sp³-hybridized carbons (Fsp3) is 0.269. The molecule has 3 rings (SSSR count). The molecule has 202 valence electrons. The molecule has 0 saturated carbocycles. The van der Waals surface area contributed by atoms with E-state index >= 15 is 0 Å². The largest absolute Gasteiger partial charge is 0.457 e. The highest BCUT2D eigenvalue weighted by atomic mass is 32.2. The summed E-state index contributed by atoms with van der Waals surface area (Å²) in [5.41, 5.74) is 0.694. The van der Waals surface area contributed by atoms with Crippen LogP contribution in [0.5, 0.6) is 11.5 Å². The maximum atomic E-state index is 13.4. The summed E-state index contributed by atoms with van der Waals surface area (Å²) in [6, 6.07) is 16.9. The molecule has 0 unspecified atom stereocenters. The first-order valence-corrected chi connectivity index (χ1v) is 13.2. The third kappa shape index (κ3) is 7.06. The highest BCUT2D eigenvalue weighted by molar-refractivity contribution is 7.89. The van der Waals surface area contributed by atoms with Gasteiger partial charge in [0.15, 0.2) is 5.75 Å². The van der Waals surface area contributed by atoms with Crippen molar-refractivity contribution in [1.29, 1.82) is 0 Å². The lowest BCUT2D eigenvalue weighted by Gasteiger charge is -2.21. The first-order valence-electron chi connectivity index (χ1n) is 11.8. The van der Waals surface area contributed by atoms with Crippen LogP contribution in [0.15, 0.2) is 71.6 Å². The van der Waals surface area contributed by atoms with Gasteiger partial charge >= 0.3 is 5.97 Å². The monoisotopic (exact) mass is 543 g/mol. The predicted molar refractivity (Wildman–Crippen MR) is 141 cm³/mol. The molecule has 0 aliphatic rings. The Morgan fingerprint density at radius 3 is 2.37 bits per heavy atom. The number of carbonyl (C=O) groups is 1. The third-order valence-electron chi connectivity index (χ3n) is 5.49. The van der Waals surface area contributed by atoms with Crippen LogP contribution in [0.25, 0.3) is 0 Å². The number of non-ortho nitro benzene ring substituents is 1. The average molecular weight is 544 g/mol. The van der Waals surface area contributed by atoms with Gasteiger partial charge in [-0.15, -0.1) is 0 Å². The van der Waals surface area contributed by atoms with Crippen LogP contribution in [0.3, 0.4) is 0 Å². The third-order valence-corrected chi connectivity index (χ3v) is 7.18. The number of anilines is 1. The second-order valence-corrected chi connectivity index (χ2v) is 10.0. The molecular weight excluding hydrogens is 514 g/mol. The van der Waals surface area contributed by atoms with Gasteiger partial charge in [0.05, 0.1) is 23.3 Å². The number of nitrogens with one attached hydrogen (secondary N) is 1. The standard InChI is InChI=1S/C26H29N3O8S/c1-4-5-15-27-23-16-20(26(30)36-18-19-11-13-21(14-12-19)29(31)32)17-24(38(33,34)28(2)35-3)25(23)37-22-9-7-6-8-10-22/h6-14,16-17,27H,4-5,15,18H2,1-3H3. The maximum Gasteiger partial charge on any atom is 0.338 e. The summed E-state index contributed by atoms with van der Waals surface area (Å²) in [5.74, 6) is -0.385. The fourth-order valence-corrected chi connectivity index (χ4v) is 4.47. The van der Waals surface area contributed by atoms with Crippen LogP contribution in [-0.4, -0.2) is 44.5 Å². The Balaban J connectivity index is 2.02. The Morgan fingerprint density at radius 1 is 1.08 bits per heavy atom. The van der Waals surface area contributed by atoms with E-state index in [0.29, 0.717) is 22.3 Å². The molecule has 0 aliphatic carbocycles. The van der Waals surface area contributed by atoms with Crippen molar-refractivity contribution in [3.63, 3.8) is 0 Å². The highest BCUT2D eigenvalue weighted by Gasteiger charge is 2.30. The summed E-state index contributed by atoms with van der Waals surface area (Å²) >= 11 is 0. The van der Waals surface area contributed by atoms with Gasteiger partial charge in [-0.1, -0.05) is 36.0 Å². The van der Waals surface area contributed by atoms with E-state index in [-0.39, 0.29) is 34.2 Å². The van der Waals surface area contributed by atoms with Crippen molar-refractivity contribution in [2.75, 3.05) is 26.0 Å². The van der Waals surface area contributed by atoms with Gasteiger partial charge in [-0.3, -0.25) is 15.0 Å². The van der Waals surface area contributed by atoms with Gasteiger partial charge in [0.25, 0.3) is 15.7 Å². The number of para-hydroxylation sites is 1. The number of ether oxygens (including phenoxy) is 2. The van der Waals surface area contributed by atoms with Gasteiger partial charge in [0.1, 0.15) is 17.3 Å². The number of hydrogen-bond donors (Lipinski definition) is 1. The molecule has 11 nitrogen and oxygen atoms in total. The van der Waals surface area contributed by atoms with E-state index in [1.807, 2.05) is 6.92 Å². The summed E-state index contributed by atoms with van der Waals surface area (Å²) in [4.78, 5) is 28.0. The number of rotatable bonds is 13. The van der Waals surface area contributed by atoms with Crippen LogP contribution in [0.2, 0.25) is 0 Å². The molecule has 0 aromatic heterocycles. The molecule has 0 fully saturated rings. The number of nitro benzene ring substituents is 1. The molecule has 0 atom stereocenters. The second-order valence-electron chi connectivity index (χ2n) is 8.14. The first kappa shape index (κ1) is 28.6. The van der Waals surface area contributed by atoms with E-state index in [2.05, 4.69) is 5.32 Å². The maximum absolute atomic E-state index is 13.4. The molecule has 3 aromatic carbocycles. The molecule has 12 heteroatoms. The van der Waals surface area contributed by atoms with E-state index in [0.717, 1.165) is 12.8 Å². The molecule has 3 aromatic rings. The molecule has 0 saturated heterocycles. The summed E-state index contributed by atoms with van der Waals surface area (Å²) in [6.07, 6.45) is 1.68. The molecule has 0 aliphatic heterocycles. The molecule has 38 heavy (non-hydrogen) atoms. The zero-order valence-corrected chi connectivity index (χ0v) is 22.1. The number of benzene rings is 3. The number of hydrogen-bond acceptors (Lipinski definition) is 9. The molecule has 1 N–H and O–H groups in total. The van der Waals surface area contributed by atoms with Crippen LogP contribution in [0, 0.1) is 10.1 Å². The zero-order valence-electron chi connectivity index (χ0n) is 21.2. The lowest BCUT2D eigenvalue weighted by Crippen LogP contribution is -2.26. The predicted octanol–water partition coefficient (Wildman–Crippen LogP) is 5.14. The van der Waals surface area contributed by atoms with Crippen LogP contribution < -0.4 is 10.1 Å². The lowest BCUT2D eigenvalue weighted by molar-refractivity contribution is -0.384. The number of nitro groups is 1. The number of esters is 1. The number of nitrogens with zero attached hydrogens (tertiary/aromatic N) is 2. The van der Waals surface area contributed by atoms with Crippen molar-refractivity contribution in [3.05, 3.63) is 88.0 Å². The Labute approximate surface area is 221 Å². The van der Waals surface area contributed by atoms with E-state index in [1.54, 1.807) is 30.3 Å². The van der Waals surface area contributed by atoms with Crippen molar-refractivity contribution < 1.29 is 32.4 Å². The SMILES string of the molecule is CCCCNc1cc(C(=O)OCc2ccc([N+](=O)[O-])cc2)cc(S(=O)(=O)N(C)OC)c1Oc1ccccc1. The second kappa shape index (κ2) is 13.0. The minimum atomic E-state index is -4.25. The van der Waals surface area contributed by atoms with Crippen molar-refractivity contribution in [2.24, 2.45) is 0 Å². The zero-order chi connectivity index (χ0) is 27.7. The summed E-state index contributed by atoms with van der Waals surface area (Å²) in [5, 5.41) is 14.0. The van der Waals surface area contributed by atoms with E-state index < -0.39 is 20.9 Å². The molecule has 0 amide bonds. The summed E-state index contributed by atoms with van der Waals surface area (Å²) in [6.45, 7) is 2.35. The first-order chi connectivity index (χ1) is 18.2. The van der Waals surface area contributed by atoms with Gasteiger partial charge in [-0.25, -0.2) is 13.2 Å². The van der Waals surface area contributed by atoms with Crippen LogP contribution in [-0.2, 0) is 26.2 Å². The van der Waals surface area contributed by atoms with Gasteiger partial charge in [0, 0.05) is 25.7 Å². The lowest BCUT2D eigenvalue weighted by atomic mass is 10.1. The Hall–Kier alpha value is -4.00. The van der Waals surface area contributed by atoms with Gasteiger partial charge in [0.2, 0.25) is 0 Å². The van der Waals surface area contributed by atoms with Crippen LogP contribution in [0.1, 0.15) is 35.7 Å². The molecule has 0 heterocycles. The molecule has 0 radical (unpaired) electrons. The number of sulfonamides is 1. The minimum absolute atomic E-state index is 0.00289. The molecule has 0 spiro atoms. The Kier molecular flexibility index (Phi) is 9.77. The highest BCUT2D eigenvalue weighted by Crippen LogP contribution is 2.39. The smallest absolute Gasteiger partial charge is 0.338 e. The summed E-state index contributed by atoms with van der Waals surface area (Å²) in [7, 11) is -1.82. The Bertz CT molecular complexity index is 1360. The Morgan fingerprint density at radius 2 is 1.76 bits per heavy atom. The van der Waals surface area contributed by atoms with Crippen molar-refractivity contribution in [1.82, 2.24) is 4.47 Å². The quantitative estimate of drug-likeness (QED) is 0.134.